The van der Waals surface area contributed by atoms with Gasteiger partial charge in [0.05, 0.1) is 17.0 Å². The van der Waals surface area contributed by atoms with Crippen molar-refractivity contribution in [1.29, 1.82) is 0 Å². The molecule has 2 aromatic carbocycles. The number of rotatable bonds is 9. The van der Waals surface area contributed by atoms with Crippen LogP contribution in [0.3, 0.4) is 0 Å². The summed E-state index contributed by atoms with van der Waals surface area (Å²) in [5.74, 6) is -1.16. The zero-order valence-electron chi connectivity index (χ0n) is 28.2. The van der Waals surface area contributed by atoms with E-state index in [0.29, 0.717) is 41.2 Å². The lowest BCUT2D eigenvalue weighted by Crippen LogP contribution is -2.47. The topological polar surface area (TPSA) is 127 Å². The molecule has 268 valence electrons. The second kappa shape index (κ2) is 14.3. The maximum Gasteiger partial charge on any atom is 0.410 e. The van der Waals surface area contributed by atoms with Crippen molar-refractivity contribution in [3.63, 3.8) is 0 Å². The van der Waals surface area contributed by atoms with Crippen molar-refractivity contribution >= 4 is 32.8 Å². The maximum absolute atomic E-state index is 15.1. The molecular formula is C34H38F4N6O5S. The average Bonchev–Trinajstić information content (AvgIpc) is 3.02. The zero-order chi connectivity index (χ0) is 36.4. The third kappa shape index (κ3) is 8.96. The number of carbonyl (C=O) groups excluding carboxylic acids is 1. The number of aromatic nitrogens is 3. The molecule has 1 atom stereocenters. The summed E-state index contributed by atoms with van der Waals surface area (Å²) in [6.45, 7) is 6.48. The Bertz CT molecular complexity index is 1990. The van der Waals surface area contributed by atoms with Gasteiger partial charge in [-0.15, -0.1) is 0 Å². The molecule has 16 heteroatoms. The Balaban J connectivity index is 1.41. The Hall–Kier alpha value is -4.57. The number of halogens is 4. The molecule has 0 unspecified atom stereocenters. The highest BCUT2D eigenvalue weighted by molar-refractivity contribution is 7.88. The van der Waals surface area contributed by atoms with Gasteiger partial charge < -0.3 is 19.7 Å². The van der Waals surface area contributed by atoms with E-state index in [1.807, 2.05) is 20.8 Å². The number of anilines is 1. The van der Waals surface area contributed by atoms with E-state index in [2.05, 4.69) is 20.3 Å². The van der Waals surface area contributed by atoms with Gasteiger partial charge in [-0.25, -0.2) is 32.6 Å². The van der Waals surface area contributed by atoms with E-state index in [4.69, 9.17) is 9.47 Å². The maximum atomic E-state index is 15.1. The number of benzene rings is 2. The minimum absolute atomic E-state index is 0.124. The van der Waals surface area contributed by atoms with E-state index in [1.54, 1.807) is 42.3 Å². The molecule has 0 bridgehead atoms. The number of amides is 1. The van der Waals surface area contributed by atoms with Gasteiger partial charge in [-0.05, 0) is 81.8 Å². The third-order valence-corrected chi connectivity index (χ3v) is 9.65. The van der Waals surface area contributed by atoms with Crippen LogP contribution in [0.25, 0.3) is 22.0 Å². The van der Waals surface area contributed by atoms with Crippen molar-refractivity contribution < 1.29 is 40.2 Å². The Kier molecular flexibility index (Phi) is 10.5. The van der Waals surface area contributed by atoms with E-state index >= 15 is 4.39 Å². The Morgan fingerprint density at radius 3 is 2.52 bits per heavy atom. The van der Waals surface area contributed by atoms with Crippen LogP contribution in [-0.4, -0.2) is 83.2 Å². The molecule has 1 aliphatic heterocycles. The molecule has 0 saturated carbocycles. The quantitative estimate of drug-likeness (QED) is 0.181. The highest BCUT2D eigenvalue weighted by Crippen LogP contribution is 2.39. The molecule has 0 radical (unpaired) electrons. The molecular weight excluding hydrogens is 680 g/mol. The second-order valence-electron chi connectivity index (χ2n) is 13.1. The number of ether oxygens (including phenoxy) is 2. The number of nitrogens with one attached hydrogen (secondary N) is 1. The standard InChI is InChI=1S/C34H38F4N6O5S/c1-21-10-11-23-24(12-13-27(35)26(23)19-50(46,47)43(5)20-34(36,37)38)29(21)48-30-25(9-6-15-39-30)28-14-16-40-31(42-28)41-22-8-7-17-44(18-22)32(45)49-33(2,3)4/h6,9-16,22H,7-8,17-20H2,1-5H3,(H,40,41,42)/t22-/m0/s1. The van der Waals surface area contributed by atoms with Crippen molar-refractivity contribution in [2.24, 2.45) is 0 Å². The van der Waals surface area contributed by atoms with E-state index in [9.17, 15) is 26.4 Å². The summed E-state index contributed by atoms with van der Waals surface area (Å²) in [4.78, 5) is 27.8. The second-order valence-corrected chi connectivity index (χ2v) is 15.2. The number of pyridine rings is 1. The van der Waals surface area contributed by atoms with Gasteiger partial charge in [-0.3, -0.25) is 0 Å². The van der Waals surface area contributed by atoms with Crippen molar-refractivity contribution in [3.8, 4) is 22.9 Å². The number of aryl methyl sites for hydroxylation is 1. The molecule has 11 nitrogen and oxygen atoms in total. The molecule has 4 aromatic rings. The number of nitrogens with zero attached hydrogens (tertiary/aromatic N) is 5. The molecule has 2 aromatic heterocycles. The first-order chi connectivity index (χ1) is 23.4. The van der Waals surface area contributed by atoms with Crippen LogP contribution in [0.5, 0.6) is 11.6 Å². The number of piperidine rings is 1. The summed E-state index contributed by atoms with van der Waals surface area (Å²) >= 11 is 0. The summed E-state index contributed by atoms with van der Waals surface area (Å²) in [6.07, 6.45) is -0.507. The Labute approximate surface area is 287 Å². The Morgan fingerprint density at radius 2 is 1.80 bits per heavy atom. The van der Waals surface area contributed by atoms with Gasteiger partial charge in [0, 0.05) is 49.5 Å². The van der Waals surface area contributed by atoms with Crippen LogP contribution in [0.1, 0.15) is 44.7 Å². The molecule has 5 rings (SSSR count). The molecule has 1 amide bonds. The van der Waals surface area contributed by atoms with Crippen LogP contribution in [0.15, 0.2) is 54.9 Å². The van der Waals surface area contributed by atoms with Gasteiger partial charge >= 0.3 is 12.3 Å². The molecule has 0 spiro atoms. The van der Waals surface area contributed by atoms with Gasteiger partial charge in [-0.1, -0.05) is 12.1 Å². The highest BCUT2D eigenvalue weighted by atomic mass is 32.2. The van der Waals surface area contributed by atoms with Crippen molar-refractivity contribution in [2.75, 3.05) is 32.0 Å². The highest BCUT2D eigenvalue weighted by Gasteiger charge is 2.35. The van der Waals surface area contributed by atoms with Crippen LogP contribution in [0, 0.1) is 12.7 Å². The number of hydrogen-bond acceptors (Lipinski definition) is 9. The summed E-state index contributed by atoms with van der Waals surface area (Å²) in [5, 5.41) is 3.81. The summed E-state index contributed by atoms with van der Waals surface area (Å²) in [7, 11) is -3.74. The lowest BCUT2D eigenvalue weighted by Gasteiger charge is -2.34. The van der Waals surface area contributed by atoms with E-state index in [1.165, 1.54) is 18.3 Å². The third-order valence-electron chi connectivity index (χ3n) is 7.91. The number of fused-ring (bicyclic) bond motifs is 1. The molecule has 1 aliphatic rings. The van der Waals surface area contributed by atoms with Crippen molar-refractivity contribution in [2.45, 2.75) is 64.1 Å². The molecule has 50 heavy (non-hydrogen) atoms. The fourth-order valence-corrected chi connectivity index (χ4v) is 6.78. The number of hydrogen-bond donors (Lipinski definition) is 1. The van der Waals surface area contributed by atoms with E-state index in [0.717, 1.165) is 26.0 Å². The summed E-state index contributed by atoms with van der Waals surface area (Å²) < 4.78 is 91.7. The van der Waals surface area contributed by atoms with Crippen molar-refractivity contribution in [3.05, 3.63) is 71.8 Å². The predicted octanol–water partition coefficient (Wildman–Crippen LogP) is 7.07. The SMILES string of the molecule is Cc1ccc2c(CS(=O)(=O)N(C)CC(F)(F)F)c(F)ccc2c1Oc1ncccc1-c1ccnc(N[C@H]2CCCN(C(=O)OC(C)(C)C)C2)n1. The first kappa shape index (κ1) is 36.7. The van der Waals surface area contributed by atoms with Gasteiger partial charge in [0.1, 0.15) is 23.7 Å². The van der Waals surface area contributed by atoms with Gasteiger partial charge in [0.15, 0.2) is 0 Å². The molecule has 3 heterocycles. The number of likely N-dealkylation sites (tertiary alicyclic amines) is 1. The molecule has 1 fully saturated rings. The fourth-order valence-electron chi connectivity index (χ4n) is 5.56. The van der Waals surface area contributed by atoms with Gasteiger partial charge in [0.2, 0.25) is 21.9 Å². The van der Waals surface area contributed by atoms with Crippen LogP contribution in [0.4, 0.5) is 28.3 Å². The first-order valence-corrected chi connectivity index (χ1v) is 17.4. The minimum Gasteiger partial charge on any atom is -0.444 e. The number of alkyl halides is 3. The van der Waals surface area contributed by atoms with E-state index in [-0.39, 0.29) is 39.0 Å². The fraction of sp³-hybridized carbons (Fsp3) is 0.412. The largest absolute Gasteiger partial charge is 0.444 e. The van der Waals surface area contributed by atoms with Crippen LogP contribution < -0.4 is 10.1 Å². The minimum atomic E-state index is -4.77. The van der Waals surface area contributed by atoms with Crippen LogP contribution in [0.2, 0.25) is 0 Å². The number of sulfonamides is 1. The zero-order valence-corrected chi connectivity index (χ0v) is 29.0. The smallest absolute Gasteiger partial charge is 0.410 e. The average molecular weight is 719 g/mol. The number of carbonyl (C=O) groups is 1. The summed E-state index contributed by atoms with van der Waals surface area (Å²) in [5.41, 5.74) is 0.669. The lowest BCUT2D eigenvalue weighted by molar-refractivity contribution is -0.134. The lowest BCUT2D eigenvalue weighted by atomic mass is 10.0. The molecule has 1 saturated heterocycles. The van der Waals surface area contributed by atoms with Crippen LogP contribution >= 0.6 is 0 Å². The Morgan fingerprint density at radius 1 is 1.06 bits per heavy atom. The van der Waals surface area contributed by atoms with Gasteiger partial charge in [-0.2, -0.15) is 17.5 Å². The first-order valence-electron chi connectivity index (χ1n) is 15.8. The van der Waals surface area contributed by atoms with Crippen molar-refractivity contribution in [1.82, 2.24) is 24.2 Å². The molecule has 0 aliphatic carbocycles. The van der Waals surface area contributed by atoms with Gasteiger partial charge in [0.25, 0.3) is 0 Å². The monoisotopic (exact) mass is 718 g/mol. The van der Waals surface area contributed by atoms with Crippen LogP contribution in [-0.2, 0) is 20.5 Å². The summed E-state index contributed by atoms with van der Waals surface area (Å²) in [6, 6.07) is 10.6. The normalized spacial score (nSPS) is 15.7. The predicted molar refractivity (Wildman–Crippen MR) is 180 cm³/mol. The molecule has 1 N–H and O–H groups in total. The van der Waals surface area contributed by atoms with E-state index < -0.39 is 39.9 Å².